The van der Waals surface area contributed by atoms with Gasteiger partial charge in [0.25, 0.3) is 5.12 Å². The molecule has 1 unspecified atom stereocenters. The van der Waals surface area contributed by atoms with Crippen molar-refractivity contribution >= 4 is 38.1 Å². The van der Waals surface area contributed by atoms with Gasteiger partial charge in [0, 0.05) is 37.3 Å². The summed E-state index contributed by atoms with van der Waals surface area (Å²) in [4.78, 5) is 10.5. The van der Waals surface area contributed by atoms with Crippen LogP contribution in [0, 0.1) is 0 Å². The van der Waals surface area contributed by atoms with Gasteiger partial charge in [-0.25, -0.2) is 13.2 Å². The SMILES string of the molecule is COC(C[SiH3])C(OC)(OC)S(=O)(=O)CCCSNC(N)=O. The van der Waals surface area contributed by atoms with Crippen LogP contribution >= 0.6 is 11.9 Å². The van der Waals surface area contributed by atoms with Gasteiger partial charge in [-0.15, -0.1) is 0 Å². The van der Waals surface area contributed by atoms with E-state index in [0.717, 1.165) is 22.2 Å². The van der Waals surface area contributed by atoms with Gasteiger partial charge in [0.2, 0.25) is 9.84 Å². The number of carbonyl (C=O) groups is 1. The first-order chi connectivity index (χ1) is 9.81. The van der Waals surface area contributed by atoms with Crippen LogP contribution in [0.2, 0.25) is 6.04 Å². The quantitative estimate of drug-likeness (QED) is 0.207. The number of hydrogen-bond acceptors (Lipinski definition) is 7. The second-order valence-corrected chi connectivity index (χ2v) is 8.06. The molecule has 0 fully saturated rings. The number of nitrogens with two attached hydrogens (primary N) is 1. The topological polar surface area (TPSA) is 117 Å². The van der Waals surface area contributed by atoms with E-state index in [0.29, 0.717) is 18.2 Å². The minimum atomic E-state index is -3.71. The van der Waals surface area contributed by atoms with Gasteiger partial charge in [-0.2, -0.15) is 0 Å². The van der Waals surface area contributed by atoms with Crippen molar-refractivity contribution in [1.29, 1.82) is 0 Å². The van der Waals surface area contributed by atoms with E-state index in [9.17, 15) is 13.2 Å². The Kier molecular flexibility index (Phi) is 9.48. The summed E-state index contributed by atoms with van der Waals surface area (Å²) in [6, 6.07) is -0.114. The average Bonchev–Trinajstić information content (AvgIpc) is 2.43. The molecule has 21 heavy (non-hydrogen) atoms. The summed E-state index contributed by atoms with van der Waals surface area (Å²) in [5.41, 5.74) is 4.91. The van der Waals surface area contributed by atoms with E-state index in [4.69, 9.17) is 19.9 Å². The number of rotatable bonds is 11. The van der Waals surface area contributed by atoms with Crippen LogP contribution in [0.15, 0.2) is 0 Å². The number of urea groups is 1. The molecule has 126 valence electrons. The maximum atomic E-state index is 12.5. The maximum absolute atomic E-state index is 12.5. The van der Waals surface area contributed by atoms with Crippen LogP contribution < -0.4 is 10.5 Å². The lowest BCUT2D eigenvalue weighted by atomic mass is 10.4. The van der Waals surface area contributed by atoms with Gasteiger partial charge < -0.3 is 19.9 Å². The molecule has 0 bridgehead atoms. The van der Waals surface area contributed by atoms with Crippen molar-refractivity contribution in [3.05, 3.63) is 0 Å². The number of primary amides is 1. The van der Waals surface area contributed by atoms with Crippen molar-refractivity contribution in [2.75, 3.05) is 32.8 Å². The van der Waals surface area contributed by atoms with Crippen LogP contribution in [0.1, 0.15) is 6.42 Å². The van der Waals surface area contributed by atoms with E-state index < -0.39 is 27.1 Å². The number of hydrogen-bond donors (Lipinski definition) is 2. The van der Waals surface area contributed by atoms with E-state index in [2.05, 4.69) is 4.72 Å². The summed E-state index contributed by atoms with van der Waals surface area (Å²) < 4.78 is 43.0. The molecule has 0 radical (unpaired) electrons. The largest absolute Gasteiger partial charge is 0.375 e. The molecule has 0 saturated heterocycles. The van der Waals surface area contributed by atoms with Gasteiger partial charge in [-0.1, -0.05) is 0 Å². The normalized spacial score (nSPS) is 14.0. The van der Waals surface area contributed by atoms with Gasteiger partial charge in [-0.05, 0) is 24.4 Å². The van der Waals surface area contributed by atoms with E-state index >= 15 is 0 Å². The molecule has 0 spiro atoms. The number of carbonyl (C=O) groups excluding carboxylic acids is 1. The summed E-state index contributed by atoms with van der Waals surface area (Å²) in [6.07, 6.45) is -0.361. The average molecular weight is 361 g/mol. The lowest BCUT2D eigenvalue weighted by molar-refractivity contribution is -0.201. The fraction of sp³-hybridized carbons (Fsp3) is 0.900. The molecule has 0 aromatic rings. The first-order valence-corrected chi connectivity index (χ1v) is 10.4. The number of methoxy groups -OCH3 is 3. The van der Waals surface area contributed by atoms with E-state index in [1.54, 1.807) is 0 Å². The Morgan fingerprint density at radius 2 is 1.95 bits per heavy atom. The van der Waals surface area contributed by atoms with Crippen molar-refractivity contribution in [3.63, 3.8) is 0 Å². The number of amides is 2. The lowest BCUT2D eigenvalue weighted by Gasteiger charge is -2.35. The molecule has 0 rings (SSSR count). The molecule has 2 amide bonds. The van der Waals surface area contributed by atoms with Crippen molar-refractivity contribution in [1.82, 2.24) is 4.72 Å². The highest BCUT2D eigenvalue weighted by Gasteiger charge is 2.51. The first kappa shape index (κ1) is 20.7. The molecule has 0 aliphatic carbocycles. The molecular formula is C10H24N2O6S2Si. The van der Waals surface area contributed by atoms with Gasteiger partial charge >= 0.3 is 6.03 Å². The van der Waals surface area contributed by atoms with Crippen LogP contribution in [0.3, 0.4) is 0 Å². The number of ether oxygens (including phenoxy) is 3. The van der Waals surface area contributed by atoms with Crippen LogP contribution in [0.4, 0.5) is 4.79 Å². The van der Waals surface area contributed by atoms with E-state index in [1.807, 2.05) is 0 Å². The third-order valence-corrected chi connectivity index (χ3v) is 6.75. The second kappa shape index (κ2) is 9.64. The number of nitrogens with one attached hydrogen (secondary N) is 1. The molecule has 0 aromatic heterocycles. The smallest absolute Gasteiger partial charge is 0.322 e. The molecule has 1 atom stereocenters. The molecule has 11 heteroatoms. The van der Waals surface area contributed by atoms with Crippen molar-refractivity contribution in [2.45, 2.75) is 23.7 Å². The summed E-state index contributed by atoms with van der Waals surface area (Å²) >= 11 is 1.05. The lowest BCUT2D eigenvalue weighted by Crippen LogP contribution is -2.54. The number of sulfone groups is 1. The summed E-state index contributed by atoms with van der Waals surface area (Å²) in [7, 11) is 1.03. The molecular weight excluding hydrogens is 336 g/mol. The predicted octanol–water partition coefficient (Wildman–Crippen LogP) is -1.15. The Balaban J connectivity index is 4.84. The third kappa shape index (κ3) is 5.42. The molecule has 0 heterocycles. The fourth-order valence-electron chi connectivity index (χ4n) is 1.95. The van der Waals surface area contributed by atoms with Gasteiger partial charge in [0.1, 0.15) is 6.10 Å². The van der Waals surface area contributed by atoms with Crippen molar-refractivity contribution < 1.29 is 27.4 Å². The molecule has 0 aromatic carbocycles. The summed E-state index contributed by atoms with van der Waals surface area (Å²) in [6.45, 7) is 0. The van der Waals surface area contributed by atoms with Crippen LogP contribution in [-0.4, -0.2) is 68.7 Å². The van der Waals surface area contributed by atoms with Gasteiger partial charge in [0.05, 0.1) is 5.75 Å². The van der Waals surface area contributed by atoms with E-state index in [-0.39, 0.29) is 5.75 Å². The van der Waals surface area contributed by atoms with Gasteiger partial charge in [0.15, 0.2) is 0 Å². The molecule has 3 N–H and O–H groups in total. The standard InChI is InChI=1S/C10H24N2O6S2Si/c1-16-8(7-21)10(17-2,18-3)20(14,15)6-4-5-19-12-9(11)13/h8H,4-7H2,1-3,21H3,(H3,11,12,13). The molecule has 0 saturated carbocycles. The molecule has 8 nitrogen and oxygen atoms in total. The Hall–Kier alpha value is -0.333. The first-order valence-electron chi connectivity index (χ1n) is 6.33. The van der Waals surface area contributed by atoms with Crippen LogP contribution in [0.5, 0.6) is 0 Å². The molecule has 0 aliphatic rings. The summed E-state index contributed by atoms with van der Waals surface area (Å²) in [5.74, 6) is 0.258. The Morgan fingerprint density at radius 1 is 1.38 bits per heavy atom. The zero-order valence-electron chi connectivity index (χ0n) is 12.7. The van der Waals surface area contributed by atoms with Crippen molar-refractivity contribution in [2.24, 2.45) is 5.73 Å². The van der Waals surface area contributed by atoms with Gasteiger partial charge in [-0.3, -0.25) is 4.72 Å². The Bertz CT molecular complexity index is 412. The summed E-state index contributed by atoms with van der Waals surface area (Å²) in [5, 5.41) is -1.80. The predicted molar refractivity (Wildman–Crippen MR) is 85.9 cm³/mol. The van der Waals surface area contributed by atoms with Crippen molar-refractivity contribution in [3.8, 4) is 0 Å². The highest BCUT2D eigenvalue weighted by atomic mass is 32.2. The van der Waals surface area contributed by atoms with Crippen LogP contribution in [0.25, 0.3) is 0 Å². The second-order valence-electron chi connectivity index (χ2n) is 4.13. The fourth-order valence-corrected chi connectivity index (χ4v) is 5.81. The molecule has 0 aliphatic heterocycles. The highest BCUT2D eigenvalue weighted by molar-refractivity contribution is 7.98. The zero-order valence-corrected chi connectivity index (χ0v) is 16.4. The third-order valence-electron chi connectivity index (χ3n) is 2.88. The monoisotopic (exact) mass is 360 g/mol. The minimum absolute atomic E-state index is 0.149. The van der Waals surface area contributed by atoms with Crippen LogP contribution in [-0.2, 0) is 24.0 Å². The highest BCUT2D eigenvalue weighted by Crippen LogP contribution is 2.29. The minimum Gasteiger partial charge on any atom is -0.375 e. The zero-order chi connectivity index (χ0) is 16.5. The Labute approximate surface area is 132 Å². The Morgan fingerprint density at radius 3 is 2.33 bits per heavy atom. The van der Waals surface area contributed by atoms with E-state index in [1.165, 1.54) is 21.3 Å². The maximum Gasteiger partial charge on any atom is 0.322 e.